The Morgan fingerprint density at radius 3 is 2.35 bits per heavy atom. The van der Waals surface area contributed by atoms with E-state index >= 15 is 0 Å². The van der Waals surface area contributed by atoms with E-state index in [-0.39, 0.29) is 12.0 Å². The lowest BCUT2D eigenvalue weighted by atomic mass is 10.2. The Bertz CT molecular complexity index is 668. The molecule has 2 aromatic carbocycles. The molecule has 23 heavy (non-hydrogen) atoms. The Morgan fingerprint density at radius 2 is 1.65 bits per heavy atom. The molecule has 0 radical (unpaired) electrons. The number of nitrogens with one attached hydrogen (secondary N) is 1. The number of benzene rings is 2. The highest BCUT2D eigenvalue weighted by Gasteiger charge is 2.14. The first-order chi connectivity index (χ1) is 11.0. The third-order valence-corrected chi connectivity index (χ3v) is 4.07. The average Bonchev–Trinajstić information content (AvgIpc) is 2.48. The van der Waals surface area contributed by atoms with Gasteiger partial charge in [-0.3, -0.25) is 4.79 Å². The third-order valence-electron chi connectivity index (χ3n) is 2.99. The Kier molecular flexibility index (Phi) is 6.11. The highest BCUT2D eigenvalue weighted by atomic mass is 32.2. The fourth-order valence-corrected chi connectivity index (χ4v) is 3.08. The molecule has 0 saturated carbocycles. The molecule has 0 aliphatic heterocycles. The van der Waals surface area contributed by atoms with E-state index in [9.17, 15) is 4.79 Å². The summed E-state index contributed by atoms with van der Waals surface area (Å²) in [6.07, 6.45) is 0.0526. The predicted octanol–water partition coefficient (Wildman–Crippen LogP) is 5.23. The summed E-state index contributed by atoms with van der Waals surface area (Å²) < 4.78 is 5.76. The summed E-state index contributed by atoms with van der Waals surface area (Å²) in [6.45, 7) is 8.16. The first-order valence-electron chi connectivity index (χ1n) is 7.80. The predicted molar refractivity (Wildman–Crippen MR) is 97.6 cm³/mol. The average molecular weight is 329 g/mol. The van der Waals surface area contributed by atoms with E-state index in [1.165, 1.54) is 0 Å². The van der Waals surface area contributed by atoms with Crippen LogP contribution >= 0.6 is 11.8 Å². The van der Waals surface area contributed by atoms with Gasteiger partial charge in [-0.2, -0.15) is 0 Å². The molecule has 0 heterocycles. The minimum Gasteiger partial charge on any atom is -0.489 e. The lowest BCUT2D eigenvalue weighted by molar-refractivity contribution is 0.102. The number of amides is 1. The van der Waals surface area contributed by atoms with Gasteiger partial charge in [0.25, 0.3) is 5.91 Å². The van der Waals surface area contributed by atoms with Gasteiger partial charge >= 0.3 is 0 Å². The van der Waals surface area contributed by atoms with Crippen molar-refractivity contribution in [2.45, 2.75) is 43.9 Å². The molecule has 0 saturated heterocycles. The first kappa shape index (κ1) is 17.4. The van der Waals surface area contributed by atoms with E-state index in [2.05, 4.69) is 19.2 Å². The minimum atomic E-state index is -0.117. The lowest BCUT2D eigenvalue weighted by Gasteiger charge is -2.16. The van der Waals surface area contributed by atoms with Gasteiger partial charge in [-0.15, -0.1) is 11.8 Å². The molecule has 1 N–H and O–H groups in total. The van der Waals surface area contributed by atoms with Crippen molar-refractivity contribution >= 4 is 23.4 Å². The standard InChI is InChI=1S/C19H23NO2S/c1-13(2)22-17-11-7-6-10-16(17)20-19(21)15-9-5-8-12-18(15)23-14(3)4/h5-14H,1-4H3,(H,20,21). The quantitative estimate of drug-likeness (QED) is 0.738. The van der Waals surface area contributed by atoms with Gasteiger partial charge in [0.15, 0.2) is 0 Å². The molecular weight excluding hydrogens is 306 g/mol. The van der Waals surface area contributed by atoms with Crippen LogP contribution in [0.1, 0.15) is 38.1 Å². The van der Waals surface area contributed by atoms with Crippen LogP contribution in [0.3, 0.4) is 0 Å². The molecule has 4 heteroatoms. The van der Waals surface area contributed by atoms with Crippen LogP contribution in [0.5, 0.6) is 5.75 Å². The molecule has 0 aliphatic carbocycles. The summed E-state index contributed by atoms with van der Waals surface area (Å²) in [5, 5.41) is 3.39. The fraction of sp³-hybridized carbons (Fsp3) is 0.316. The topological polar surface area (TPSA) is 38.3 Å². The van der Waals surface area contributed by atoms with Crippen LogP contribution in [-0.2, 0) is 0 Å². The first-order valence-corrected chi connectivity index (χ1v) is 8.68. The highest BCUT2D eigenvalue weighted by Crippen LogP contribution is 2.29. The third kappa shape index (κ3) is 5.03. The SMILES string of the molecule is CC(C)Oc1ccccc1NC(=O)c1ccccc1SC(C)C. The van der Waals surface area contributed by atoms with Crippen molar-refractivity contribution in [3.8, 4) is 5.75 Å². The highest BCUT2D eigenvalue weighted by molar-refractivity contribution is 8.00. The zero-order valence-electron chi connectivity index (χ0n) is 14.0. The van der Waals surface area contributed by atoms with E-state index in [0.29, 0.717) is 22.3 Å². The number of carbonyl (C=O) groups is 1. The second kappa shape index (κ2) is 8.06. The normalized spacial score (nSPS) is 10.9. The van der Waals surface area contributed by atoms with Crippen molar-refractivity contribution in [3.05, 3.63) is 54.1 Å². The fourth-order valence-electron chi connectivity index (χ4n) is 2.13. The summed E-state index contributed by atoms with van der Waals surface area (Å²) in [4.78, 5) is 13.7. The van der Waals surface area contributed by atoms with Crippen LogP contribution in [0.15, 0.2) is 53.4 Å². The van der Waals surface area contributed by atoms with Crippen molar-refractivity contribution in [1.82, 2.24) is 0 Å². The summed E-state index contributed by atoms with van der Waals surface area (Å²) in [7, 11) is 0. The molecule has 0 aliphatic rings. The van der Waals surface area contributed by atoms with Gasteiger partial charge < -0.3 is 10.1 Å². The molecule has 1 amide bonds. The van der Waals surface area contributed by atoms with Crippen molar-refractivity contribution in [2.24, 2.45) is 0 Å². The molecule has 0 fully saturated rings. The van der Waals surface area contributed by atoms with Gasteiger partial charge in [0.1, 0.15) is 5.75 Å². The van der Waals surface area contributed by atoms with E-state index in [1.54, 1.807) is 11.8 Å². The zero-order chi connectivity index (χ0) is 16.8. The summed E-state index contributed by atoms with van der Waals surface area (Å²) >= 11 is 1.69. The van der Waals surface area contributed by atoms with Crippen LogP contribution in [0.4, 0.5) is 5.69 Å². The molecule has 122 valence electrons. The van der Waals surface area contributed by atoms with Gasteiger partial charge in [0.2, 0.25) is 0 Å². The molecule has 3 nitrogen and oxygen atoms in total. The molecule has 0 bridgehead atoms. The van der Waals surface area contributed by atoms with Crippen molar-refractivity contribution in [2.75, 3.05) is 5.32 Å². The van der Waals surface area contributed by atoms with Crippen LogP contribution in [0.2, 0.25) is 0 Å². The second-order valence-corrected chi connectivity index (χ2v) is 7.40. The maximum atomic E-state index is 12.7. The monoisotopic (exact) mass is 329 g/mol. The second-order valence-electron chi connectivity index (χ2n) is 5.78. The number of hydrogen-bond acceptors (Lipinski definition) is 3. The van der Waals surface area contributed by atoms with Crippen LogP contribution in [-0.4, -0.2) is 17.3 Å². The van der Waals surface area contributed by atoms with Gasteiger partial charge in [0, 0.05) is 10.1 Å². The Labute approximate surface area is 142 Å². The Hall–Kier alpha value is -1.94. The van der Waals surface area contributed by atoms with E-state index in [0.717, 1.165) is 4.90 Å². The Morgan fingerprint density at radius 1 is 1.00 bits per heavy atom. The molecule has 0 unspecified atom stereocenters. The lowest BCUT2D eigenvalue weighted by Crippen LogP contribution is -2.15. The maximum absolute atomic E-state index is 12.7. The zero-order valence-corrected chi connectivity index (χ0v) is 14.8. The number of thioether (sulfide) groups is 1. The summed E-state index contributed by atoms with van der Waals surface area (Å²) in [6, 6.07) is 15.2. The van der Waals surface area contributed by atoms with E-state index in [1.807, 2.05) is 62.4 Å². The van der Waals surface area contributed by atoms with Crippen LogP contribution in [0.25, 0.3) is 0 Å². The van der Waals surface area contributed by atoms with Gasteiger partial charge in [0.05, 0.1) is 17.4 Å². The smallest absolute Gasteiger partial charge is 0.256 e. The maximum Gasteiger partial charge on any atom is 0.256 e. The van der Waals surface area contributed by atoms with Crippen LogP contribution < -0.4 is 10.1 Å². The molecule has 0 atom stereocenters. The van der Waals surface area contributed by atoms with Gasteiger partial charge in [-0.05, 0) is 38.1 Å². The van der Waals surface area contributed by atoms with Crippen LogP contribution in [0, 0.1) is 0 Å². The van der Waals surface area contributed by atoms with E-state index < -0.39 is 0 Å². The van der Waals surface area contributed by atoms with Gasteiger partial charge in [-0.25, -0.2) is 0 Å². The Balaban J connectivity index is 2.23. The van der Waals surface area contributed by atoms with Gasteiger partial charge in [-0.1, -0.05) is 38.1 Å². The number of hydrogen-bond donors (Lipinski definition) is 1. The molecular formula is C19H23NO2S. The molecule has 0 aromatic heterocycles. The van der Waals surface area contributed by atoms with E-state index in [4.69, 9.17) is 4.74 Å². The van der Waals surface area contributed by atoms with Crippen molar-refractivity contribution in [3.63, 3.8) is 0 Å². The number of anilines is 1. The molecule has 2 rings (SSSR count). The number of rotatable bonds is 6. The summed E-state index contributed by atoms with van der Waals surface area (Å²) in [5.74, 6) is 0.568. The number of ether oxygens (including phenoxy) is 1. The minimum absolute atomic E-state index is 0.0526. The van der Waals surface area contributed by atoms with Crippen molar-refractivity contribution < 1.29 is 9.53 Å². The van der Waals surface area contributed by atoms with Crippen molar-refractivity contribution in [1.29, 1.82) is 0 Å². The number of carbonyl (C=O) groups excluding carboxylic acids is 1. The molecule has 0 spiro atoms. The number of para-hydroxylation sites is 2. The summed E-state index contributed by atoms with van der Waals surface area (Å²) in [5.41, 5.74) is 1.38. The molecule has 2 aromatic rings. The largest absolute Gasteiger partial charge is 0.489 e.